The molecule has 2 rings (SSSR count). The molecule has 0 amide bonds. The zero-order valence-electron chi connectivity index (χ0n) is 6.54. The van der Waals surface area contributed by atoms with Crippen molar-refractivity contribution in [3.8, 4) is 0 Å². The molecule has 1 aliphatic heterocycles. The molecule has 68 valence electrons. The second-order valence-corrected chi connectivity index (χ2v) is 3.62. The van der Waals surface area contributed by atoms with E-state index in [1.165, 1.54) is 0 Å². The van der Waals surface area contributed by atoms with Gasteiger partial charge in [-0.05, 0) is 12.1 Å². The number of hydrogen-bond acceptors (Lipinski definition) is 4. The third-order valence-electron chi connectivity index (χ3n) is 1.75. The fraction of sp³-hybridized carbons (Fsp3) is 0.250. The van der Waals surface area contributed by atoms with E-state index in [9.17, 15) is 4.79 Å². The second-order valence-electron chi connectivity index (χ2n) is 2.70. The predicted molar refractivity (Wildman–Crippen MR) is 54.2 cm³/mol. The van der Waals surface area contributed by atoms with Gasteiger partial charge in [0.05, 0.1) is 5.69 Å². The van der Waals surface area contributed by atoms with E-state index in [-0.39, 0.29) is 16.7 Å². The number of epoxide rings is 1. The molecule has 1 saturated heterocycles. The highest BCUT2D eigenvalue weighted by molar-refractivity contribution is 7.97. The summed E-state index contributed by atoms with van der Waals surface area (Å²) in [6, 6.07) is 5.18. The standard InChI is InChI=1S/C8H7NO2S2/c10-7(12)5-3-1-2-4(9-5)6-8(13)11-6/h1-3,6,8,13H,(H,10,12). The van der Waals surface area contributed by atoms with E-state index >= 15 is 0 Å². The molecule has 1 aromatic heterocycles. The number of carbonyl (C=O) groups is 1. The fourth-order valence-electron chi connectivity index (χ4n) is 1.05. The molecule has 0 radical (unpaired) electrons. The van der Waals surface area contributed by atoms with E-state index in [0.29, 0.717) is 5.69 Å². The number of hydrogen-bond donors (Lipinski definition) is 2. The average molecular weight is 213 g/mol. The Bertz CT molecular complexity index is 356. The van der Waals surface area contributed by atoms with Crippen LogP contribution in [0, 0.1) is 0 Å². The first kappa shape index (κ1) is 9.05. The maximum absolute atomic E-state index is 10.9. The van der Waals surface area contributed by atoms with Gasteiger partial charge < -0.3 is 4.74 Å². The van der Waals surface area contributed by atoms with Crippen LogP contribution in [0.1, 0.15) is 22.3 Å². The average Bonchev–Trinajstić information content (AvgIpc) is 2.83. The molecule has 2 unspecified atom stereocenters. The highest BCUT2D eigenvalue weighted by atomic mass is 32.1. The topological polar surface area (TPSA) is 42.5 Å². The molecule has 13 heavy (non-hydrogen) atoms. The predicted octanol–water partition coefficient (Wildman–Crippen LogP) is 1.48. The quantitative estimate of drug-likeness (QED) is 0.577. The van der Waals surface area contributed by atoms with Gasteiger partial charge in [0.1, 0.15) is 17.2 Å². The molecule has 2 heterocycles. The lowest BCUT2D eigenvalue weighted by Crippen LogP contribution is -1.97. The second kappa shape index (κ2) is 3.32. The van der Waals surface area contributed by atoms with Crippen molar-refractivity contribution in [2.24, 2.45) is 0 Å². The van der Waals surface area contributed by atoms with Gasteiger partial charge in [0.25, 0.3) is 0 Å². The number of carbonyl (C=O) groups excluding carboxylic acids is 1. The number of nitrogens with zero attached hydrogens (tertiary/aromatic N) is 1. The smallest absolute Gasteiger partial charge is 0.234 e. The Hall–Kier alpha value is -0.520. The lowest BCUT2D eigenvalue weighted by molar-refractivity contribution is 0.108. The highest BCUT2D eigenvalue weighted by Crippen LogP contribution is 2.39. The molecule has 0 bridgehead atoms. The Morgan fingerprint density at radius 3 is 2.77 bits per heavy atom. The van der Waals surface area contributed by atoms with Gasteiger partial charge in [0.2, 0.25) is 5.12 Å². The maximum atomic E-state index is 10.9. The van der Waals surface area contributed by atoms with Crippen molar-refractivity contribution in [2.75, 3.05) is 0 Å². The summed E-state index contributed by atoms with van der Waals surface area (Å²) in [6.07, 6.45) is -0.0732. The van der Waals surface area contributed by atoms with E-state index in [1.807, 2.05) is 0 Å². The van der Waals surface area contributed by atoms with Crippen LogP contribution in [0.2, 0.25) is 0 Å². The van der Waals surface area contributed by atoms with Gasteiger partial charge in [-0.2, -0.15) is 0 Å². The zero-order chi connectivity index (χ0) is 9.42. The summed E-state index contributed by atoms with van der Waals surface area (Å²) in [6.45, 7) is 0. The Morgan fingerprint density at radius 1 is 1.54 bits per heavy atom. The summed E-state index contributed by atoms with van der Waals surface area (Å²) in [4.78, 5) is 14.9. The van der Waals surface area contributed by atoms with Crippen LogP contribution in [0.3, 0.4) is 0 Å². The Labute approximate surface area is 86.3 Å². The van der Waals surface area contributed by atoms with Gasteiger partial charge in [0.15, 0.2) is 0 Å². The van der Waals surface area contributed by atoms with Crippen molar-refractivity contribution >= 4 is 30.4 Å². The molecule has 3 nitrogen and oxygen atoms in total. The number of rotatable bonds is 2. The minimum atomic E-state index is -0.335. The molecule has 1 aliphatic rings. The highest BCUT2D eigenvalue weighted by Gasteiger charge is 2.38. The molecule has 0 aliphatic carbocycles. The molecule has 1 aromatic rings. The molecule has 0 aromatic carbocycles. The molecular formula is C8H7NO2S2. The largest absolute Gasteiger partial charge is 0.351 e. The van der Waals surface area contributed by atoms with Crippen LogP contribution in [0.25, 0.3) is 0 Å². The lowest BCUT2D eigenvalue weighted by Gasteiger charge is -1.96. The molecule has 0 saturated carbocycles. The van der Waals surface area contributed by atoms with Crippen LogP contribution in [-0.4, -0.2) is 15.5 Å². The van der Waals surface area contributed by atoms with Crippen LogP contribution >= 0.6 is 25.3 Å². The zero-order valence-corrected chi connectivity index (χ0v) is 8.33. The van der Waals surface area contributed by atoms with Crippen LogP contribution in [0.5, 0.6) is 0 Å². The van der Waals surface area contributed by atoms with Gasteiger partial charge in [-0.3, -0.25) is 4.79 Å². The van der Waals surface area contributed by atoms with Gasteiger partial charge in [-0.15, -0.1) is 12.6 Å². The van der Waals surface area contributed by atoms with Gasteiger partial charge in [-0.25, -0.2) is 4.98 Å². The minimum Gasteiger partial charge on any atom is -0.351 e. The summed E-state index contributed by atoms with van der Waals surface area (Å²) in [7, 11) is 0. The summed E-state index contributed by atoms with van der Waals surface area (Å²) < 4.78 is 5.10. The van der Waals surface area contributed by atoms with E-state index in [1.54, 1.807) is 18.2 Å². The first-order chi connectivity index (χ1) is 6.18. The fourth-order valence-corrected chi connectivity index (χ4v) is 1.46. The van der Waals surface area contributed by atoms with Crippen LogP contribution in [-0.2, 0) is 4.74 Å². The summed E-state index contributed by atoms with van der Waals surface area (Å²) in [5, 5.41) is -0.335. The molecule has 5 heteroatoms. The number of thiol groups is 2. The van der Waals surface area contributed by atoms with Gasteiger partial charge >= 0.3 is 0 Å². The normalized spacial score (nSPS) is 25.7. The van der Waals surface area contributed by atoms with E-state index < -0.39 is 0 Å². The van der Waals surface area contributed by atoms with E-state index in [4.69, 9.17) is 4.74 Å². The maximum Gasteiger partial charge on any atom is 0.234 e. The van der Waals surface area contributed by atoms with E-state index in [0.717, 1.165) is 5.69 Å². The van der Waals surface area contributed by atoms with Crippen LogP contribution in [0.4, 0.5) is 0 Å². The number of aromatic nitrogens is 1. The minimum absolute atomic E-state index is 0.0732. The summed E-state index contributed by atoms with van der Waals surface area (Å²) in [5.74, 6) is 0. The monoisotopic (exact) mass is 213 g/mol. The van der Waals surface area contributed by atoms with Crippen molar-refractivity contribution in [1.82, 2.24) is 4.98 Å². The molecule has 1 fully saturated rings. The third-order valence-corrected chi connectivity index (χ3v) is 2.37. The summed E-state index contributed by atoms with van der Waals surface area (Å²) in [5.41, 5.74) is 0.995. The summed E-state index contributed by atoms with van der Waals surface area (Å²) >= 11 is 7.79. The molecule has 0 spiro atoms. The number of pyridine rings is 1. The Morgan fingerprint density at radius 2 is 2.23 bits per heavy atom. The van der Waals surface area contributed by atoms with Crippen LogP contribution in [0.15, 0.2) is 18.2 Å². The van der Waals surface area contributed by atoms with Crippen molar-refractivity contribution in [3.63, 3.8) is 0 Å². The number of ether oxygens (including phenoxy) is 1. The SMILES string of the molecule is O=C(S)c1cccc(C2OC2S)n1. The van der Waals surface area contributed by atoms with Crippen molar-refractivity contribution in [2.45, 2.75) is 11.5 Å². The first-order valence-corrected chi connectivity index (χ1v) is 4.68. The van der Waals surface area contributed by atoms with E-state index in [2.05, 4.69) is 30.2 Å². The molecule has 2 atom stereocenters. The van der Waals surface area contributed by atoms with Gasteiger partial charge in [0, 0.05) is 0 Å². The van der Waals surface area contributed by atoms with Crippen LogP contribution < -0.4 is 0 Å². The van der Waals surface area contributed by atoms with Gasteiger partial charge in [-0.1, -0.05) is 18.7 Å². The van der Waals surface area contributed by atoms with Crippen molar-refractivity contribution < 1.29 is 9.53 Å². The Kier molecular flexibility index (Phi) is 2.31. The van der Waals surface area contributed by atoms with Crippen molar-refractivity contribution in [3.05, 3.63) is 29.6 Å². The lowest BCUT2D eigenvalue weighted by atomic mass is 10.2. The molecule has 0 N–H and O–H groups in total. The Balaban J connectivity index is 2.28. The van der Waals surface area contributed by atoms with Crippen molar-refractivity contribution in [1.29, 1.82) is 0 Å². The third kappa shape index (κ3) is 1.87. The first-order valence-electron chi connectivity index (χ1n) is 3.72. The molecular weight excluding hydrogens is 206 g/mol.